The first-order valence-electron chi connectivity index (χ1n) is 11.7. The smallest absolute Gasteiger partial charge is 0.416 e. The molecule has 9 nitrogen and oxygen atoms in total. The first kappa shape index (κ1) is 28.4. The summed E-state index contributed by atoms with van der Waals surface area (Å²) in [4.78, 5) is 49.1. The van der Waals surface area contributed by atoms with Gasteiger partial charge in [0.1, 0.15) is 12.3 Å². The van der Waals surface area contributed by atoms with Crippen LogP contribution in [0.1, 0.15) is 23.6 Å². The summed E-state index contributed by atoms with van der Waals surface area (Å²) in [7, 11) is 0. The van der Waals surface area contributed by atoms with Gasteiger partial charge in [0.2, 0.25) is 11.7 Å². The third-order valence-electron chi connectivity index (χ3n) is 5.73. The zero-order valence-corrected chi connectivity index (χ0v) is 21.5. The molecule has 0 aliphatic carbocycles. The molecule has 1 aliphatic rings. The number of benzene rings is 3. The van der Waals surface area contributed by atoms with Gasteiger partial charge in [-0.15, -0.1) is 0 Å². The van der Waals surface area contributed by atoms with E-state index >= 15 is 0 Å². The number of para-hydroxylation sites is 1. The number of imide groups is 1. The van der Waals surface area contributed by atoms with Crippen LogP contribution in [0, 0.1) is 10.1 Å². The number of nitro groups is 1. The van der Waals surface area contributed by atoms with Crippen LogP contribution < -0.4 is 10.1 Å². The molecule has 0 unspecified atom stereocenters. The quantitative estimate of drug-likeness (QED) is 0.183. The molecule has 1 N–H and O–H groups in total. The predicted octanol–water partition coefficient (Wildman–Crippen LogP) is 6.64. The molecule has 3 aromatic rings. The van der Waals surface area contributed by atoms with Crippen molar-refractivity contribution in [3.8, 4) is 11.5 Å². The highest BCUT2D eigenvalue weighted by atomic mass is 32.2. The molecular formula is C27H20F3N3O6S. The van der Waals surface area contributed by atoms with Gasteiger partial charge in [-0.1, -0.05) is 37.3 Å². The van der Waals surface area contributed by atoms with Crippen molar-refractivity contribution in [3.05, 3.63) is 98.4 Å². The third kappa shape index (κ3) is 6.49. The van der Waals surface area contributed by atoms with Gasteiger partial charge in [-0.05, 0) is 60.2 Å². The second-order valence-electron chi connectivity index (χ2n) is 8.44. The lowest BCUT2D eigenvalue weighted by atomic mass is 10.1. The Hall–Kier alpha value is -4.65. The van der Waals surface area contributed by atoms with Crippen molar-refractivity contribution in [1.82, 2.24) is 4.90 Å². The van der Waals surface area contributed by atoms with E-state index in [1.165, 1.54) is 24.3 Å². The summed E-state index contributed by atoms with van der Waals surface area (Å²) in [5, 5.41) is 13.4. The number of nitrogens with zero attached hydrogens (tertiary/aromatic N) is 2. The average Bonchev–Trinajstić information content (AvgIpc) is 3.16. The van der Waals surface area contributed by atoms with Crippen LogP contribution >= 0.6 is 11.8 Å². The first-order valence-corrected chi connectivity index (χ1v) is 12.5. The van der Waals surface area contributed by atoms with Gasteiger partial charge in [-0.2, -0.15) is 13.2 Å². The van der Waals surface area contributed by atoms with Gasteiger partial charge in [0.05, 0.1) is 15.4 Å². The molecule has 3 amide bonds. The molecule has 0 saturated carbocycles. The number of halogens is 3. The molecule has 0 radical (unpaired) electrons. The molecule has 0 aromatic heterocycles. The molecule has 13 heteroatoms. The molecule has 4 rings (SSSR count). The van der Waals surface area contributed by atoms with E-state index in [1.54, 1.807) is 18.2 Å². The number of alkyl halides is 3. The fourth-order valence-electron chi connectivity index (χ4n) is 3.68. The van der Waals surface area contributed by atoms with Crippen LogP contribution in [0.4, 0.5) is 29.3 Å². The van der Waals surface area contributed by atoms with Crippen LogP contribution in [0.2, 0.25) is 0 Å². The highest BCUT2D eigenvalue weighted by Crippen LogP contribution is 2.40. The average molecular weight is 572 g/mol. The maximum absolute atomic E-state index is 13.0. The Morgan fingerprint density at radius 3 is 2.42 bits per heavy atom. The van der Waals surface area contributed by atoms with Gasteiger partial charge in [0, 0.05) is 17.3 Å². The number of carbonyl (C=O) groups excluding carboxylic acids is 3. The number of anilines is 1. The fourth-order valence-corrected chi connectivity index (χ4v) is 4.51. The summed E-state index contributed by atoms with van der Waals surface area (Å²) in [6.07, 6.45) is -2.66. The number of rotatable bonds is 8. The van der Waals surface area contributed by atoms with E-state index in [1.807, 2.05) is 19.1 Å². The summed E-state index contributed by atoms with van der Waals surface area (Å²) in [6.45, 7) is 1.47. The molecule has 0 bridgehead atoms. The van der Waals surface area contributed by atoms with E-state index in [4.69, 9.17) is 4.74 Å². The lowest BCUT2D eigenvalue weighted by Gasteiger charge is -2.13. The van der Waals surface area contributed by atoms with Crippen molar-refractivity contribution >= 4 is 46.3 Å². The Morgan fingerprint density at radius 2 is 1.77 bits per heavy atom. The van der Waals surface area contributed by atoms with E-state index in [2.05, 4.69) is 5.32 Å². The second kappa shape index (κ2) is 11.6. The molecule has 40 heavy (non-hydrogen) atoms. The number of hydrogen-bond donors (Lipinski definition) is 1. The summed E-state index contributed by atoms with van der Waals surface area (Å²) >= 11 is 0.587. The van der Waals surface area contributed by atoms with E-state index in [0.29, 0.717) is 29.6 Å². The molecule has 1 heterocycles. The topological polar surface area (TPSA) is 119 Å². The molecular weight excluding hydrogens is 551 g/mol. The lowest BCUT2D eigenvalue weighted by molar-refractivity contribution is -0.385. The summed E-state index contributed by atoms with van der Waals surface area (Å²) in [5.41, 5.74) is -0.308. The van der Waals surface area contributed by atoms with Gasteiger partial charge in [0.25, 0.3) is 11.1 Å². The van der Waals surface area contributed by atoms with Crippen LogP contribution in [0.15, 0.2) is 71.6 Å². The number of nitro benzene ring substituents is 1. The molecule has 0 spiro atoms. The number of thioether (sulfide) groups is 1. The highest BCUT2D eigenvalue weighted by molar-refractivity contribution is 8.18. The van der Waals surface area contributed by atoms with E-state index < -0.39 is 51.7 Å². The Labute approximate surface area is 229 Å². The third-order valence-corrected chi connectivity index (χ3v) is 6.64. The molecule has 206 valence electrons. The number of ether oxygens (including phenoxy) is 1. The van der Waals surface area contributed by atoms with Gasteiger partial charge >= 0.3 is 11.9 Å². The van der Waals surface area contributed by atoms with Crippen LogP contribution in [0.5, 0.6) is 11.5 Å². The lowest BCUT2D eigenvalue weighted by Crippen LogP contribution is -2.36. The normalized spacial score (nSPS) is 14.5. The van der Waals surface area contributed by atoms with Crippen LogP contribution in [-0.4, -0.2) is 33.4 Å². The Balaban J connectivity index is 1.53. The zero-order chi connectivity index (χ0) is 29.0. The number of hydrogen-bond acceptors (Lipinski definition) is 7. The molecule has 1 aliphatic heterocycles. The fraction of sp³-hybridized carbons (Fsp3) is 0.148. The van der Waals surface area contributed by atoms with Crippen LogP contribution in [0.3, 0.4) is 0 Å². The predicted molar refractivity (Wildman–Crippen MR) is 142 cm³/mol. The van der Waals surface area contributed by atoms with Gasteiger partial charge in [0.15, 0.2) is 0 Å². The van der Waals surface area contributed by atoms with Gasteiger partial charge < -0.3 is 10.1 Å². The van der Waals surface area contributed by atoms with Crippen LogP contribution in [-0.2, 0) is 22.2 Å². The Kier molecular flexibility index (Phi) is 8.24. The number of aryl methyl sites for hydroxylation is 1. The molecule has 1 saturated heterocycles. The van der Waals surface area contributed by atoms with Crippen molar-refractivity contribution in [2.24, 2.45) is 0 Å². The van der Waals surface area contributed by atoms with Gasteiger partial charge in [-0.25, -0.2) is 0 Å². The van der Waals surface area contributed by atoms with Gasteiger partial charge in [-0.3, -0.25) is 29.4 Å². The molecule has 0 atom stereocenters. The molecule has 1 fully saturated rings. The van der Waals surface area contributed by atoms with Crippen molar-refractivity contribution in [3.63, 3.8) is 0 Å². The first-order chi connectivity index (χ1) is 19.0. The highest BCUT2D eigenvalue weighted by Gasteiger charge is 2.37. The number of amides is 3. The van der Waals surface area contributed by atoms with E-state index in [0.717, 1.165) is 23.0 Å². The minimum atomic E-state index is -4.79. The number of nitrogens with one attached hydrogen (secondary N) is 1. The minimum absolute atomic E-state index is 0.00886. The van der Waals surface area contributed by atoms with E-state index in [-0.39, 0.29) is 16.2 Å². The summed E-state index contributed by atoms with van der Waals surface area (Å²) < 4.78 is 44.7. The summed E-state index contributed by atoms with van der Waals surface area (Å²) in [6, 6.07) is 14.9. The van der Waals surface area contributed by atoms with Crippen molar-refractivity contribution < 1.29 is 37.2 Å². The van der Waals surface area contributed by atoms with Crippen molar-refractivity contribution in [2.75, 3.05) is 11.9 Å². The maximum atomic E-state index is 13.0. The van der Waals surface area contributed by atoms with Crippen LogP contribution in [0.25, 0.3) is 6.08 Å². The summed E-state index contributed by atoms with van der Waals surface area (Å²) in [5.74, 6) is -1.77. The van der Waals surface area contributed by atoms with Crippen molar-refractivity contribution in [1.29, 1.82) is 0 Å². The standard InChI is InChI=1S/C27H20F3N3O6S/c1-2-16-7-10-19(11-8-16)31-24(34)15-32-25(35)23(40-26(32)36)13-17-5-3-4-6-21(17)39-22-12-9-18(27(28,29)30)14-20(22)33(37)38/h3-14H,2,15H2,1H3,(H,31,34)/b23-13+. The minimum Gasteiger partial charge on any atom is -0.449 e. The SMILES string of the molecule is CCc1ccc(NC(=O)CN2C(=O)S/C(=C/c3ccccc3Oc3ccc(C(F)(F)F)cc3[N+](=O)[O-])C2=O)cc1. The molecule has 3 aromatic carbocycles. The Bertz CT molecular complexity index is 1520. The van der Waals surface area contributed by atoms with Crippen molar-refractivity contribution in [2.45, 2.75) is 19.5 Å². The van der Waals surface area contributed by atoms with E-state index in [9.17, 15) is 37.7 Å². The number of carbonyl (C=O) groups is 3. The second-order valence-corrected chi connectivity index (χ2v) is 9.44. The Morgan fingerprint density at radius 1 is 1.07 bits per heavy atom. The maximum Gasteiger partial charge on any atom is 0.416 e. The monoisotopic (exact) mass is 571 g/mol. The zero-order valence-electron chi connectivity index (χ0n) is 20.7. The largest absolute Gasteiger partial charge is 0.449 e.